The first kappa shape index (κ1) is 19.0. The molecule has 0 atom stereocenters. The van der Waals surface area contributed by atoms with Gasteiger partial charge in [0.2, 0.25) is 5.91 Å². The summed E-state index contributed by atoms with van der Waals surface area (Å²) in [6, 6.07) is 15.4. The van der Waals surface area contributed by atoms with E-state index in [0.717, 1.165) is 35.8 Å². The number of rotatable bonds is 10. The number of nitrogens with two attached hydrogens (primary N) is 1. The topological polar surface area (TPSA) is 52.3 Å². The number of carbonyl (C=O) groups excluding carboxylic acids is 1. The molecule has 3 nitrogen and oxygen atoms in total. The fraction of sp³-hybridized carbons (Fsp3) is 0.409. The third-order valence-electron chi connectivity index (χ3n) is 4.28. The first-order valence-electron chi connectivity index (χ1n) is 9.19. The number of unbranched alkanes of at least 4 members (excludes halogenated alkanes) is 3. The summed E-state index contributed by atoms with van der Waals surface area (Å²) in [5, 5.41) is 0. The van der Waals surface area contributed by atoms with Gasteiger partial charge in [0.1, 0.15) is 5.75 Å². The number of benzene rings is 2. The van der Waals surface area contributed by atoms with Gasteiger partial charge in [-0.1, -0.05) is 63.8 Å². The molecule has 0 aliphatic rings. The normalized spacial score (nSPS) is 10.8. The maximum atomic E-state index is 11.2. The Balaban J connectivity index is 1.81. The highest BCUT2D eigenvalue weighted by atomic mass is 16.5. The average Bonchev–Trinajstić information content (AvgIpc) is 2.61. The predicted molar refractivity (Wildman–Crippen MR) is 104 cm³/mol. The molecule has 0 saturated heterocycles. The molecule has 2 aromatic carbocycles. The molecular weight excluding hydrogens is 310 g/mol. The van der Waals surface area contributed by atoms with Crippen molar-refractivity contribution in [1.82, 2.24) is 0 Å². The standard InChI is InChI=1S/C22H29NO2/c1-17(2)8-5-3-4-6-15-25-21-10-7-9-20(16-21)18-11-13-19(14-12-18)22(23)24/h7,9-14,16-17H,3-6,8,15H2,1-2H3,(H2,23,24). The Morgan fingerprint density at radius 2 is 1.68 bits per heavy atom. The quantitative estimate of drug-likeness (QED) is 0.586. The van der Waals surface area contributed by atoms with Crippen LogP contribution >= 0.6 is 0 Å². The minimum Gasteiger partial charge on any atom is -0.494 e. The zero-order chi connectivity index (χ0) is 18.1. The van der Waals surface area contributed by atoms with E-state index in [2.05, 4.69) is 13.8 Å². The Hall–Kier alpha value is -2.29. The van der Waals surface area contributed by atoms with Crippen LogP contribution in [0, 0.1) is 5.92 Å². The monoisotopic (exact) mass is 339 g/mol. The number of hydrogen-bond donors (Lipinski definition) is 1. The van der Waals surface area contributed by atoms with Crippen molar-refractivity contribution in [2.45, 2.75) is 46.0 Å². The van der Waals surface area contributed by atoms with Crippen molar-refractivity contribution in [3.05, 3.63) is 54.1 Å². The van der Waals surface area contributed by atoms with E-state index in [-0.39, 0.29) is 0 Å². The summed E-state index contributed by atoms with van der Waals surface area (Å²) in [5.41, 5.74) is 7.92. The molecule has 0 radical (unpaired) electrons. The van der Waals surface area contributed by atoms with Gasteiger partial charge >= 0.3 is 0 Å². The Morgan fingerprint density at radius 1 is 0.960 bits per heavy atom. The van der Waals surface area contributed by atoms with Crippen molar-refractivity contribution >= 4 is 5.91 Å². The average molecular weight is 339 g/mol. The Labute approximate surface area is 151 Å². The number of hydrogen-bond acceptors (Lipinski definition) is 2. The van der Waals surface area contributed by atoms with E-state index >= 15 is 0 Å². The first-order chi connectivity index (χ1) is 12.1. The number of carbonyl (C=O) groups is 1. The van der Waals surface area contributed by atoms with E-state index in [1.54, 1.807) is 12.1 Å². The van der Waals surface area contributed by atoms with Crippen LogP contribution in [0.2, 0.25) is 0 Å². The van der Waals surface area contributed by atoms with Gasteiger partial charge in [-0.15, -0.1) is 0 Å². The number of amides is 1. The maximum Gasteiger partial charge on any atom is 0.248 e. The van der Waals surface area contributed by atoms with Crippen molar-refractivity contribution in [3.8, 4) is 16.9 Å². The Bertz CT molecular complexity index is 662. The zero-order valence-corrected chi connectivity index (χ0v) is 15.3. The Morgan fingerprint density at radius 3 is 2.36 bits per heavy atom. The largest absolute Gasteiger partial charge is 0.494 e. The molecular formula is C22H29NO2. The van der Waals surface area contributed by atoms with Crippen molar-refractivity contribution in [2.75, 3.05) is 6.61 Å². The van der Waals surface area contributed by atoms with Gasteiger partial charge in [-0.3, -0.25) is 4.79 Å². The molecule has 0 aliphatic carbocycles. The van der Waals surface area contributed by atoms with Crippen LogP contribution < -0.4 is 10.5 Å². The van der Waals surface area contributed by atoms with Crippen LogP contribution in [-0.2, 0) is 0 Å². The van der Waals surface area contributed by atoms with E-state index in [9.17, 15) is 4.79 Å². The van der Waals surface area contributed by atoms with E-state index in [0.29, 0.717) is 5.56 Å². The summed E-state index contributed by atoms with van der Waals surface area (Å²) in [7, 11) is 0. The lowest BCUT2D eigenvalue weighted by molar-refractivity contribution is 0.100. The molecule has 0 aliphatic heterocycles. The van der Waals surface area contributed by atoms with Crippen molar-refractivity contribution < 1.29 is 9.53 Å². The summed E-state index contributed by atoms with van der Waals surface area (Å²) in [6.45, 7) is 5.31. The second-order valence-corrected chi connectivity index (χ2v) is 6.91. The molecule has 2 aromatic rings. The molecule has 0 unspecified atom stereocenters. The van der Waals surface area contributed by atoms with E-state index < -0.39 is 5.91 Å². The molecule has 0 spiro atoms. The van der Waals surface area contributed by atoms with E-state index in [1.807, 2.05) is 36.4 Å². The molecule has 0 bridgehead atoms. The highest BCUT2D eigenvalue weighted by molar-refractivity contribution is 5.93. The smallest absolute Gasteiger partial charge is 0.248 e. The molecule has 3 heteroatoms. The molecule has 25 heavy (non-hydrogen) atoms. The third kappa shape index (κ3) is 6.61. The van der Waals surface area contributed by atoms with E-state index in [1.165, 1.54) is 25.7 Å². The molecule has 2 rings (SSSR count). The number of primary amides is 1. The summed E-state index contributed by atoms with van der Waals surface area (Å²) in [5.74, 6) is 1.28. The van der Waals surface area contributed by atoms with Gasteiger partial charge in [0.15, 0.2) is 0 Å². The van der Waals surface area contributed by atoms with Crippen LogP contribution in [0.3, 0.4) is 0 Å². The van der Waals surface area contributed by atoms with Crippen LogP contribution in [0.5, 0.6) is 5.75 Å². The van der Waals surface area contributed by atoms with Crippen molar-refractivity contribution in [2.24, 2.45) is 11.7 Å². The fourth-order valence-electron chi connectivity index (χ4n) is 2.79. The van der Waals surface area contributed by atoms with Crippen LogP contribution in [0.25, 0.3) is 11.1 Å². The van der Waals surface area contributed by atoms with E-state index in [4.69, 9.17) is 10.5 Å². The highest BCUT2D eigenvalue weighted by Gasteiger charge is 2.03. The van der Waals surface area contributed by atoms with Crippen LogP contribution in [0.1, 0.15) is 56.3 Å². The molecule has 0 saturated carbocycles. The molecule has 0 heterocycles. The second-order valence-electron chi connectivity index (χ2n) is 6.91. The third-order valence-corrected chi connectivity index (χ3v) is 4.28. The van der Waals surface area contributed by atoms with Crippen molar-refractivity contribution in [3.63, 3.8) is 0 Å². The Kier molecular flexibility index (Phi) is 7.52. The minimum atomic E-state index is -0.406. The van der Waals surface area contributed by atoms with Crippen molar-refractivity contribution in [1.29, 1.82) is 0 Å². The molecule has 134 valence electrons. The predicted octanol–water partition coefficient (Wildman–Crippen LogP) is 5.44. The summed E-state index contributed by atoms with van der Waals surface area (Å²) in [4.78, 5) is 11.2. The van der Waals surface area contributed by atoms with Gasteiger partial charge in [0.05, 0.1) is 6.61 Å². The van der Waals surface area contributed by atoms with Gasteiger partial charge < -0.3 is 10.5 Å². The lowest BCUT2D eigenvalue weighted by Crippen LogP contribution is -2.10. The van der Waals surface area contributed by atoms with Gasteiger partial charge in [0.25, 0.3) is 0 Å². The molecule has 1 amide bonds. The minimum absolute atomic E-state index is 0.406. The summed E-state index contributed by atoms with van der Waals surface area (Å²) < 4.78 is 5.88. The van der Waals surface area contributed by atoms with Gasteiger partial charge in [-0.2, -0.15) is 0 Å². The molecule has 0 aromatic heterocycles. The zero-order valence-electron chi connectivity index (χ0n) is 15.3. The van der Waals surface area contributed by atoms with Crippen LogP contribution in [0.4, 0.5) is 0 Å². The highest BCUT2D eigenvalue weighted by Crippen LogP contribution is 2.24. The lowest BCUT2D eigenvalue weighted by Gasteiger charge is -2.09. The second kappa shape index (κ2) is 9.87. The molecule has 2 N–H and O–H groups in total. The van der Waals surface area contributed by atoms with Gasteiger partial charge in [0, 0.05) is 5.56 Å². The SMILES string of the molecule is CC(C)CCCCCCOc1cccc(-c2ccc(C(N)=O)cc2)c1. The van der Waals surface area contributed by atoms with Gasteiger partial charge in [-0.05, 0) is 47.7 Å². The summed E-state index contributed by atoms with van der Waals surface area (Å²) in [6.07, 6.45) is 6.23. The van der Waals surface area contributed by atoms with Crippen LogP contribution in [0.15, 0.2) is 48.5 Å². The van der Waals surface area contributed by atoms with Gasteiger partial charge in [-0.25, -0.2) is 0 Å². The fourth-order valence-corrected chi connectivity index (χ4v) is 2.79. The summed E-state index contributed by atoms with van der Waals surface area (Å²) >= 11 is 0. The maximum absolute atomic E-state index is 11.2. The lowest BCUT2D eigenvalue weighted by atomic mass is 10.0. The molecule has 0 fully saturated rings. The first-order valence-corrected chi connectivity index (χ1v) is 9.19. The van der Waals surface area contributed by atoms with Crippen LogP contribution in [-0.4, -0.2) is 12.5 Å². The number of ether oxygens (including phenoxy) is 1.